The monoisotopic (exact) mass is 461 g/mol. The molecule has 0 radical (unpaired) electrons. The maximum atomic E-state index is 13.2. The van der Waals surface area contributed by atoms with Crippen molar-refractivity contribution in [2.24, 2.45) is 5.41 Å². The number of aromatic nitrogens is 1. The summed E-state index contributed by atoms with van der Waals surface area (Å²) in [6.45, 7) is 5.33. The van der Waals surface area contributed by atoms with Gasteiger partial charge in [0.25, 0.3) is 5.91 Å². The van der Waals surface area contributed by atoms with Crippen LogP contribution in [0.15, 0.2) is 35.1 Å². The molecule has 9 heteroatoms. The second-order valence-electron chi connectivity index (χ2n) is 8.50. The van der Waals surface area contributed by atoms with Gasteiger partial charge in [-0.25, -0.2) is 4.98 Å². The number of carbonyl (C=O) groups excluding carboxylic acids is 2. The van der Waals surface area contributed by atoms with Crippen LogP contribution >= 0.6 is 11.6 Å². The van der Waals surface area contributed by atoms with Crippen LogP contribution in [-0.4, -0.2) is 72.6 Å². The third kappa shape index (κ3) is 5.24. The van der Waals surface area contributed by atoms with Crippen molar-refractivity contribution in [1.29, 1.82) is 0 Å². The van der Waals surface area contributed by atoms with Gasteiger partial charge in [-0.05, 0) is 38.0 Å². The normalized spacial score (nSPS) is 21.4. The van der Waals surface area contributed by atoms with E-state index in [-0.39, 0.29) is 11.8 Å². The molecule has 8 nitrogen and oxygen atoms in total. The second kappa shape index (κ2) is 9.92. The Balaban J connectivity index is 1.53. The Kier molecular flexibility index (Phi) is 7.01. The highest BCUT2D eigenvalue weighted by atomic mass is 35.5. The predicted octanol–water partition coefficient (Wildman–Crippen LogP) is 3.19. The number of benzene rings is 1. The van der Waals surface area contributed by atoms with Gasteiger partial charge >= 0.3 is 0 Å². The molecule has 4 rings (SSSR count). The summed E-state index contributed by atoms with van der Waals surface area (Å²) in [5.41, 5.74) is -0.195. The lowest BCUT2D eigenvalue weighted by molar-refractivity contribution is -0.139. The molecule has 1 aromatic carbocycles. The molecule has 0 N–H and O–H groups in total. The largest absolute Gasteiger partial charge is 0.493 e. The molecule has 0 unspecified atom stereocenters. The summed E-state index contributed by atoms with van der Waals surface area (Å²) in [5.74, 6) is 1.02. The third-order valence-corrected chi connectivity index (χ3v) is 6.36. The predicted molar refractivity (Wildman–Crippen MR) is 118 cm³/mol. The molecule has 2 amide bonds. The number of hydrogen-bond acceptors (Lipinski definition) is 6. The Bertz CT molecular complexity index is 959. The summed E-state index contributed by atoms with van der Waals surface area (Å²) in [4.78, 5) is 34.0. The number of oxazole rings is 1. The Morgan fingerprint density at radius 1 is 1.22 bits per heavy atom. The van der Waals surface area contributed by atoms with Crippen molar-refractivity contribution in [1.82, 2.24) is 14.8 Å². The van der Waals surface area contributed by atoms with E-state index in [1.807, 2.05) is 17.0 Å². The molecule has 1 atom stereocenters. The minimum atomic E-state index is -0.511. The molecule has 2 aliphatic rings. The topological polar surface area (TPSA) is 85.1 Å². The highest BCUT2D eigenvalue weighted by Crippen LogP contribution is 2.36. The Morgan fingerprint density at radius 3 is 2.75 bits per heavy atom. The van der Waals surface area contributed by atoms with Crippen molar-refractivity contribution >= 4 is 23.4 Å². The minimum absolute atomic E-state index is 0.0647. The quantitative estimate of drug-likeness (QED) is 0.656. The molecule has 2 aliphatic heterocycles. The van der Waals surface area contributed by atoms with Gasteiger partial charge in [-0.1, -0.05) is 17.7 Å². The molecule has 2 saturated heterocycles. The number of rotatable bonds is 6. The van der Waals surface area contributed by atoms with Gasteiger partial charge in [0.05, 0.1) is 19.8 Å². The molecule has 172 valence electrons. The first-order chi connectivity index (χ1) is 15.5. The van der Waals surface area contributed by atoms with Gasteiger partial charge in [-0.3, -0.25) is 9.59 Å². The fourth-order valence-corrected chi connectivity index (χ4v) is 4.57. The van der Waals surface area contributed by atoms with Crippen molar-refractivity contribution < 1.29 is 23.5 Å². The fraction of sp³-hybridized carbons (Fsp3) is 0.522. The zero-order chi connectivity index (χ0) is 22.6. The highest BCUT2D eigenvalue weighted by Gasteiger charge is 2.41. The SMILES string of the molecule is Cc1ocnc1C(=O)N1CCC[C@@](COc2cccc(Cl)c2)(CC(=O)N2CCOCC2)C1. The number of carbonyl (C=O) groups is 2. The third-order valence-electron chi connectivity index (χ3n) is 6.13. The van der Waals surface area contributed by atoms with Gasteiger partial charge in [0.1, 0.15) is 11.5 Å². The van der Waals surface area contributed by atoms with Crippen molar-refractivity contribution in [3.05, 3.63) is 47.1 Å². The first-order valence-electron chi connectivity index (χ1n) is 10.9. The first kappa shape index (κ1) is 22.6. The number of halogens is 1. The van der Waals surface area contributed by atoms with Crippen LogP contribution in [-0.2, 0) is 9.53 Å². The molecule has 1 aromatic heterocycles. The average Bonchev–Trinajstić information content (AvgIpc) is 3.24. The molecule has 3 heterocycles. The molecule has 0 bridgehead atoms. The van der Waals surface area contributed by atoms with Crippen molar-refractivity contribution in [2.75, 3.05) is 46.0 Å². The zero-order valence-electron chi connectivity index (χ0n) is 18.2. The molecule has 0 saturated carbocycles. The minimum Gasteiger partial charge on any atom is -0.493 e. The van der Waals surface area contributed by atoms with Gasteiger partial charge in [0.2, 0.25) is 5.91 Å². The van der Waals surface area contributed by atoms with Crippen molar-refractivity contribution in [3.8, 4) is 5.75 Å². The number of likely N-dealkylation sites (tertiary alicyclic amines) is 1. The van der Waals surface area contributed by atoms with Crippen LogP contribution < -0.4 is 4.74 Å². The summed E-state index contributed by atoms with van der Waals surface area (Å²) in [6, 6.07) is 7.21. The Labute approximate surface area is 192 Å². The van der Waals surface area contributed by atoms with E-state index in [2.05, 4.69) is 4.98 Å². The van der Waals surface area contributed by atoms with E-state index in [9.17, 15) is 9.59 Å². The Hall–Kier alpha value is -2.58. The van der Waals surface area contributed by atoms with Crippen LogP contribution in [0.2, 0.25) is 5.02 Å². The lowest BCUT2D eigenvalue weighted by atomic mass is 9.77. The number of amides is 2. The summed E-state index contributed by atoms with van der Waals surface area (Å²) in [7, 11) is 0. The smallest absolute Gasteiger partial charge is 0.276 e. The Morgan fingerprint density at radius 2 is 2.03 bits per heavy atom. The maximum Gasteiger partial charge on any atom is 0.276 e. The van der Waals surface area contributed by atoms with E-state index in [0.29, 0.717) is 74.6 Å². The van der Waals surface area contributed by atoms with Gasteiger partial charge < -0.3 is 23.7 Å². The highest BCUT2D eigenvalue weighted by molar-refractivity contribution is 6.30. The van der Waals surface area contributed by atoms with Gasteiger partial charge in [-0.15, -0.1) is 0 Å². The zero-order valence-corrected chi connectivity index (χ0v) is 19.0. The van der Waals surface area contributed by atoms with Crippen LogP contribution in [0.5, 0.6) is 5.75 Å². The second-order valence-corrected chi connectivity index (χ2v) is 8.94. The van der Waals surface area contributed by atoms with E-state index in [4.69, 9.17) is 25.5 Å². The first-order valence-corrected chi connectivity index (χ1v) is 11.3. The van der Waals surface area contributed by atoms with Crippen molar-refractivity contribution in [3.63, 3.8) is 0 Å². The van der Waals surface area contributed by atoms with E-state index in [1.165, 1.54) is 6.39 Å². The standard InChI is InChI=1S/C23H28ClN3O5/c1-17-21(25-16-32-17)22(29)27-7-3-6-23(14-27,13-20(28)26-8-10-30-11-9-26)15-31-19-5-2-4-18(24)12-19/h2,4-5,12,16H,3,6-11,13-15H2,1H3/t23-/m1/s1. The van der Waals surface area contributed by atoms with Crippen LogP contribution in [0, 0.1) is 12.3 Å². The molecule has 2 aromatic rings. The van der Waals surface area contributed by atoms with E-state index in [1.54, 1.807) is 24.0 Å². The maximum absolute atomic E-state index is 13.2. The molecular weight excluding hydrogens is 434 g/mol. The van der Waals surface area contributed by atoms with Gasteiger partial charge in [-0.2, -0.15) is 0 Å². The number of ether oxygens (including phenoxy) is 2. The van der Waals surface area contributed by atoms with Crippen molar-refractivity contribution in [2.45, 2.75) is 26.2 Å². The number of aryl methyl sites for hydroxylation is 1. The average molecular weight is 462 g/mol. The van der Waals surface area contributed by atoms with Gasteiger partial charge in [0, 0.05) is 43.0 Å². The van der Waals surface area contributed by atoms with Gasteiger partial charge in [0.15, 0.2) is 12.1 Å². The van der Waals surface area contributed by atoms with E-state index < -0.39 is 5.41 Å². The van der Waals surface area contributed by atoms with E-state index >= 15 is 0 Å². The number of hydrogen-bond donors (Lipinski definition) is 0. The number of piperidine rings is 1. The fourth-order valence-electron chi connectivity index (χ4n) is 4.39. The lowest BCUT2D eigenvalue weighted by Gasteiger charge is -2.43. The molecule has 0 spiro atoms. The molecule has 0 aliphatic carbocycles. The molecule has 32 heavy (non-hydrogen) atoms. The lowest BCUT2D eigenvalue weighted by Crippen LogP contribution is -2.52. The number of nitrogens with zero attached hydrogens (tertiary/aromatic N) is 3. The summed E-state index contributed by atoms with van der Waals surface area (Å²) < 4.78 is 16.7. The molecule has 2 fully saturated rings. The summed E-state index contributed by atoms with van der Waals surface area (Å²) in [5, 5.41) is 0.586. The van der Waals surface area contributed by atoms with E-state index in [0.717, 1.165) is 12.8 Å². The van der Waals surface area contributed by atoms with Crippen LogP contribution in [0.1, 0.15) is 35.5 Å². The van der Waals surface area contributed by atoms with Crippen LogP contribution in [0.3, 0.4) is 0 Å². The van der Waals surface area contributed by atoms with Crippen LogP contribution in [0.25, 0.3) is 0 Å². The molecular formula is C23H28ClN3O5. The summed E-state index contributed by atoms with van der Waals surface area (Å²) >= 11 is 6.10. The van der Waals surface area contributed by atoms with Crippen LogP contribution in [0.4, 0.5) is 0 Å². The number of morpholine rings is 1. The summed E-state index contributed by atoms with van der Waals surface area (Å²) in [6.07, 6.45) is 3.14.